The molecule has 1 aromatic heterocycles. The summed E-state index contributed by atoms with van der Waals surface area (Å²) in [5.41, 5.74) is 1.41. The SMILES string of the molecule is O=C(O)c1ccc2ccn(Cc3cccc(Cl)c3F)c2c1. The molecule has 0 saturated heterocycles. The monoisotopic (exact) mass is 303 g/mol. The van der Waals surface area contributed by atoms with Crippen LogP contribution in [-0.2, 0) is 6.54 Å². The number of hydrogen-bond donors (Lipinski definition) is 1. The Balaban J connectivity index is 2.06. The van der Waals surface area contributed by atoms with E-state index in [1.165, 1.54) is 6.07 Å². The van der Waals surface area contributed by atoms with Gasteiger partial charge < -0.3 is 9.67 Å². The molecule has 0 fully saturated rings. The second-order valence-corrected chi connectivity index (χ2v) is 5.14. The van der Waals surface area contributed by atoms with Crippen molar-refractivity contribution in [1.29, 1.82) is 0 Å². The molecule has 0 atom stereocenters. The van der Waals surface area contributed by atoms with Crippen LogP contribution < -0.4 is 0 Å². The Morgan fingerprint density at radius 2 is 2.05 bits per heavy atom. The summed E-state index contributed by atoms with van der Waals surface area (Å²) in [6.07, 6.45) is 1.80. The quantitative estimate of drug-likeness (QED) is 0.788. The number of rotatable bonds is 3. The van der Waals surface area contributed by atoms with Crippen molar-refractivity contribution in [3.05, 3.63) is 70.6 Å². The highest BCUT2D eigenvalue weighted by atomic mass is 35.5. The lowest BCUT2D eigenvalue weighted by molar-refractivity contribution is 0.0697. The molecule has 3 aromatic rings. The Hall–Kier alpha value is -2.33. The van der Waals surface area contributed by atoms with Crippen LogP contribution in [0.5, 0.6) is 0 Å². The van der Waals surface area contributed by atoms with Crippen LogP contribution in [0.3, 0.4) is 0 Å². The van der Waals surface area contributed by atoms with Crippen molar-refractivity contribution < 1.29 is 14.3 Å². The van der Waals surface area contributed by atoms with Gasteiger partial charge in [0.05, 0.1) is 17.1 Å². The molecule has 1 heterocycles. The predicted octanol–water partition coefficient (Wildman–Crippen LogP) is 4.18. The third-order valence-corrected chi connectivity index (χ3v) is 3.69. The van der Waals surface area contributed by atoms with E-state index in [0.29, 0.717) is 12.1 Å². The van der Waals surface area contributed by atoms with Gasteiger partial charge in [0, 0.05) is 17.3 Å². The molecular weight excluding hydrogens is 293 g/mol. The first-order chi connectivity index (χ1) is 10.1. The highest BCUT2D eigenvalue weighted by molar-refractivity contribution is 6.30. The van der Waals surface area contributed by atoms with Gasteiger partial charge in [-0.1, -0.05) is 29.8 Å². The van der Waals surface area contributed by atoms with Crippen molar-refractivity contribution in [2.75, 3.05) is 0 Å². The van der Waals surface area contributed by atoms with E-state index in [2.05, 4.69) is 0 Å². The van der Waals surface area contributed by atoms with E-state index in [1.807, 2.05) is 6.07 Å². The minimum absolute atomic E-state index is 0.0789. The Bertz CT molecular complexity index is 841. The van der Waals surface area contributed by atoms with Crippen molar-refractivity contribution >= 4 is 28.5 Å². The zero-order chi connectivity index (χ0) is 15.0. The molecule has 0 aliphatic heterocycles. The lowest BCUT2D eigenvalue weighted by Crippen LogP contribution is -2.02. The number of carboxylic acid groups (broad SMARTS) is 1. The molecule has 21 heavy (non-hydrogen) atoms. The number of hydrogen-bond acceptors (Lipinski definition) is 1. The average molecular weight is 304 g/mol. The molecule has 1 N–H and O–H groups in total. The third-order valence-electron chi connectivity index (χ3n) is 3.39. The van der Waals surface area contributed by atoms with Crippen molar-refractivity contribution in [3.63, 3.8) is 0 Å². The van der Waals surface area contributed by atoms with Crippen molar-refractivity contribution in [1.82, 2.24) is 4.57 Å². The number of nitrogens with zero attached hydrogens (tertiary/aromatic N) is 1. The first kappa shape index (κ1) is 13.6. The normalized spacial score (nSPS) is 11.0. The molecule has 0 aliphatic carbocycles. The maximum atomic E-state index is 14.0. The van der Waals surface area contributed by atoms with Crippen LogP contribution in [0.15, 0.2) is 48.7 Å². The fourth-order valence-electron chi connectivity index (χ4n) is 2.31. The summed E-state index contributed by atoms with van der Waals surface area (Å²) in [7, 11) is 0. The zero-order valence-corrected chi connectivity index (χ0v) is 11.6. The lowest BCUT2D eigenvalue weighted by Gasteiger charge is -2.08. The molecule has 0 spiro atoms. The fourth-order valence-corrected chi connectivity index (χ4v) is 2.50. The molecule has 3 nitrogen and oxygen atoms in total. The summed E-state index contributed by atoms with van der Waals surface area (Å²) in [6, 6.07) is 11.6. The van der Waals surface area contributed by atoms with E-state index in [1.54, 1.807) is 41.1 Å². The number of fused-ring (bicyclic) bond motifs is 1. The highest BCUT2D eigenvalue weighted by Gasteiger charge is 2.10. The van der Waals surface area contributed by atoms with Gasteiger partial charge >= 0.3 is 5.97 Å². The molecular formula is C16H11ClFNO2. The van der Waals surface area contributed by atoms with Gasteiger partial charge in [-0.15, -0.1) is 0 Å². The molecule has 0 aliphatic rings. The smallest absolute Gasteiger partial charge is 0.335 e. The number of carbonyl (C=O) groups is 1. The largest absolute Gasteiger partial charge is 0.478 e. The Morgan fingerprint density at radius 1 is 1.24 bits per heavy atom. The minimum atomic E-state index is -0.987. The van der Waals surface area contributed by atoms with E-state index in [4.69, 9.17) is 16.7 Å². The summed E-state index contributed by atoms with van der Waals surface area (Å²) in [5, 5.41) is 10.0. The molecule has 0 unspecified atom stereocenters. The molecule has 5 heteroatoms. The first-order valence-corrected chi connectivity index (χ1v) is 6.69. The van der Waals surface area contributed by atoms with Gasteiger partial charge in [0.15, 0.2) is 0 Å². The van der Waals surface area contributed by atoms with Crippen LogP contribution in [0, 0.1) is 5.82 Å². The Morgan fingerprint density at radius 3 is 2.81 bits per heavy atom. The van der Waals surface area contributed by atoms with Crippen LogP contribution in [0.2, 0.25) is 5.02 Å². The number of aromatic nitrogens is 1. The maximum Gasteiger partial charge on any atom is 0.335 e. The topological polar surface area (TPSA) is 42.2 Å². The molecule has 0 saturated carbocycles. The van der Waals surface area contributed by atoms with Crippen molar-refractivity contribution in [3.8, 4) is 0 Å². The summed E-state index contributed by atoms with van der Waals surface area (Å²) >= 11 is 5.78. The number of benzene rings is 2. The first-order valence-electron chi connectivity index (χ1n) is 6.31. The van der Waals surface area contributed by atoms with E-state index < -0.39 is 11.8 Å². The summed E-state index contributed by atoms with van der Waals surface area (Å²) in [4.78, 5) is 11.0. The summed E-state index contributed by atoms with van der Waals surface area (Å²) in [5.74, 6) is -1.44. The summed E-state index contributed by atoms with van der Waals surface area (Å²) < 4.78 is 15.8. The molecule has 3 rings (SSSR count). The van der Waals surface area contributed by atoms with Gasteiger partial charge in [0.1, 0.15) is 5.82 Å². The molecule has 106 valence electrons. The van der Waals surface area contributed by atoms with Crippen molar-refractivity contribution in [2.24, 2.45) is 0 Å². The van der Waals surface area contributed by atoms with Crippen LogP contribution in [0.25, 0.3) is 10.9 Å². The molecule has 0 amide bonds. The molecule has 0 radical (unpaired) electrons. The average Bonchev–Trinajstić information content (AvgIpc) is 2.86. The zero-order valence-electron chi connectivity index (χ0n) is 10.9. The second-order valence-electron chi connectivity index (χ2n) is 4.74. The van der Waals surface area contributed by atoms with Crippen LogP contribution >= 0.6 is 11.6 Å². The van der Waals surface area contributed by atoms with Crippen LogP contribution in [0.4, 0.5) is 4.39 Å². The van der Waals surface area contributed by atoms with E-state index in [-0.39, 0.29) is 10.6 Å². The van der Waals surface area contributed by atoms with Gasteiger partial charge in [-0.05, 0) is 29.7 Å². The van der Waals surface area contributed by atoms with E-state index >= 15 is 0 Å². The van der Waals surface area contributed by atoms with Crippen LogP contribution in [-0.4, -0.2) is 15.6 Å². The molecule has 0 bridgehead atoms. The van der Waals surface area contributed by atoms with Gasteiger partial charge in [0.2, 0.25) is 0 Å². The standard InChI is InChI=1S/C16H11ClFNO2/c17-13-3-1-2-12(15(13)18)9-19-7-6-10-4-5-11(16(20)21)8-14(10)19/h1-8H,9H2,(H,20,21). The van der Waals surface area contributed by atoms with E-state index in [9.17, 15) is 9.18 Å². The van der Waals surface area contributed by atoms with Gasteiger partial charge in [-0.25, -0.2) is 9.18 Å². The number of halogens is 2. The Kier molecular flexibility index (Phi) is 3.39. The van der Waals surface area contributed by atoms with Gasteiger partial charge in [-0.3, -0.25) is 0 Å². The van der Waals surface area contributed by atoms with Crippen LogP contribution in [0.1, 0.15) is 15.9 Å². The summed E-state index contributed by atoms with van der Waals surface area (Å²) in [6.45, 7) is 0.291. The Labute approximate surface area is 125 Å². The second kappa shape index (κ2) is 5.22. The third kappa shape index (κ3) is 2.50. The number of aromatic carboxylic acids is 1. The fraction of sp³-hybridized carbons (Fsp3) is 0.0625. The van der Waals surface area contributed by atoms with E-state index in [0.717, 1.165) is 10.9 Å². The highest BCUT2D eigenvalue weighted by Crippen LogP contribution is 2.22. The van der Waals surface area contributed by atoms with Gasteiger partial charge in [-0.2, -0.15) is 0 Å². The lowest BCUT2D eigenvalue weighted by atomic mass is 10.1. The minimum Gasteiger partial charge on any atom is -0.478 e. The molecule has 2 aromatic carbocycles. The van der Waals surface area contributed by atoms with Crippen molar-refractivity contribution in [2.45, 2.75) is 6.54 Å². The maximum absolute atomic E-state index is 14.0. The predicted molar refractivity (Wildman–Crippen MR) is 79.4 cm³/mol. The van der Waals surface area contributed by atoms with Gasteiger partial charge in [0.25, 0.3) is 0 Å². The number of carboxylic acids is 1.